The van der Waals surface area contributed by atoms with Crippen LogP contribution in [0.4, 0.5) is 4.79 Å². The molecule has 0 saturated heterocycles. The van der Waals surface area contributed by atoms with Crippen molar-refractivity contribution in [2.24, 2.45) is 0 Å². The molecule has 5 nitrogen and oxygen atoms in total. The average Bonchev–Trinajstić information content (AvgIpc) is 2.12. The van der Waals surface area contributed by atoms with E-state index in [1.54, 1.807) is 0 Å². The molecular formula is C6H13NO4S2. The van der Waals surface area contributed by atoms with Gasteiger partial charge in [-0.1, -0.05) is 0 Å². The molecule has 78 valence electrons. The minimum Gasteiger partial charge on any atom is -0.448 e. The number of carbonyl (C=O) groups is 1. The van der Waals surface area contributed by atoms with Gasteiger partial charge in [-0.2, -0.15) is 3.71 Å². The van der Waals surface area contributed by atoms with E-state index < -0.39 is 6.09 Å². The van der Waals surface area contributed by atoms with E-state index in [-0.39, 0.29) is 12.9 Å². The molecule has 7 heteroatoms. The van der Waals surface area contributed by atoms with Gasteiger partial charge in [-0.05, 0) is 25.6 Å². The number of methoxy groups -OCH3 is 2. The third-order valence-corrected chi connectivity index (χ3v) is 1.59. The molecule has 0 aromatic carbocycles. The standard InChI is InChI=1S/C6H13NO4S2/c1-9-5(10-2)3-4-11-6(8)7(12)13/h5,12-13H,3-4H2,1-2H3. The van der Waals surface area contributed by atoms with Crippen LogP contribution in [0.3, 0.4) is 0 Å². The highest BCUT2D eigenvalue weighted by Gasteiger charge is 2.09. The second kappa shape index (κ2) is 7.31. The fourth-order valence-corrected chi connectivity index (χ4v) is 0.748. The molecule has 0 saturated carbocycles. The van der Waals surface area contributed by atoms with E-state index in [4.69, 9.17) is 14.2 Å². The van der Waals surface area contributed by atoms with Crippen LogP contribution < -0.4 is 0 Å². The highest BCUT2D eigenvalue weighted by Crippen LogP contribution is 2.03. The Morgan fingerprint density at radius 2 is 1.92 bits per heavy atom. The fraction of sp³-hybridized carbons (Fsp3) is 0.833. The average molecular weight is 227 g/mol. The number of nitrogens with zero attached hydrogens (tertiary/aromatic N) is 1. The van der Waals surface area contributed by atoms with Crippen molar-refractivity contribution in [2.75, 3.05) is 20.8 Å². The minimum absolute atomic E-state index is 0.197. The van der Waals surface area contributed by atoms with Crippen LogP contribution in [0.25, 0.3) is 0 Å². The first-order valence-electron chi connectivity index (χ1n) is 3.52. The third-order valence-electron chi connectivity index (χ3n) is 1.27. The van der Waals surface area contributed by atoms with Crippen LogP contribution in [-0.4, -0.2) is 36.9 Å². The highest BCUT2D eigenvalue weighted by atomic mass is 32.2. The number of hydrogen-bond acceptors (Lipinski definition) is 6. The summed E-state index contributed by atoms with van der Waals surface area (Å²) in [4.78, 5) is 10.8. The smallest absolute Gasteiger partial charge is 0.429 e. The Hall–Kier alpha value is -0.110. The van der Waals surface area contributed by atoms with E-state index in [2.05, 4.69) is 25.6 Å². The molecule has 0 N–H and O–H groups in total. The van der Waals surface area contributed by atoms with Crippen molar-refractivity contribution in [3.05, 3.63) is 0 Å². The summed E-state index contributed by atoms with van der Waals surface area (Å²) in [5.74, 6) is 0. The molecule has 0 radical (unpaired) electrons. The molecule has 13 heavy (non-hydrogen) atoms. The van der Waals surface area contributed by atoms with Gasteiger partial charge in [0.15, 0.2) is 6.29 Å². The quantitative estimate of drug-likeness (QED) is 0.546. The van der Waals surface area contributed by atoms with Gasteiger partial charge < -0.3 is 14.2 Å². The Kier molecular flexibility index (Phi) is 7.25. The summed E-state index contributed by atoms with van der Waals surface area (Å²) in [6, 6.07) is 0. The number of thiol groups is 2. The minimum atomic E-state index is -0.627. The lowest BCUT2D eigenvalue weighted by atomic mass is 10.4. The zero-order valence-electron chi connectivity index (χ0n) is 7.47. The molecular weight excluding hydrogens is 214 g/mol. The highest BCUT2D eigenvalue weighted by molar-refractivity contribution is 7.94. The fourth-order valence-electron chi connectivity index (χ4n) is 0.632. The molecule has 1 amide bonds. The van der Waals surface area contributed by atoms with Crippen LogP contribution in [0.1, 0.15) is 6.42 Å². The van der Waals surface area contributed by atoms with Gasteiger partial charge >= 0.3 is 6.09 Å². The first-order valence-corrected chi connectivity index (χ1v) is 4.32. The Balaban J connectivity index is 3.49. The number of ether oxygens (including phenoxy) is 3. The summed E-state index contributed by atoms with van der Waals surface area (Å²) in [6.07, 6.45) is -0.521. The molecule has 0 aliphatic heterocycles. The first-order chi connectivity index (χ1) is 6.11. The Morgan fingerprint density at radius 1 is 1.38 bits per heavy atom. The summed E-state index contributed by atoms with van der Waals surface area (Å²) in [5.41, 5.74) is 0. The van der Waals surface area contributed by atoms with Crippen molar-refractivity contribution in [3.8, 4) is 0 Å². The van der Waals surface area contributed by atoms with Crippen molar-refractivity contribution in [3.63, 3.8) is 0 Å². The van der Waals surface area contributed by atoms with Gasteiger partial charge in [0.25, 0.3) is 0 Å². The summed E-state index contributed by atoms with van der Waals surface area (Å²) >= 11 is 7.25. The van der Waals surface area contributed by atoms with Crippen LogP contribution >= 0.6 is 25.6 Å². The monoisotopic (exact) mass is 227 g/mol. The molecule has 0 aromatic heterocycles. The van der Waals surface area contributed by atoms with E-state index in [0.717, 1.165) is 3.71 Å². The third kappa shape index (κ3) is 6.03. The summed E-state index contributed by atoms with van der Waals surface area (Å²) in [6.45, 7) is 0.197. The lowest BCUT2D eigenvalue weighted by molar-refractivity contribution is -0.112. The van der Waals surface area contributed by atoms with Gasteiger partial charge in [0.1, 0.15) is 0 Å². The number of rotatable bonds is 5. The van der Waals surface area contributed by atoms with Crippen LogP contribution in [-0.2, 0) is 14.2 Å². The SMILES string of the molecule is COC(CCOC(=O)N(S)S)OC. The van der Waals surface area contributed by atoms with Crippen molar-refractivity contribution >= 4 is 31.7 Å². The second-order valence-corrected chi connectivity index (χ2v) is 3.21. The molecule has 0 aliphatic rings. The molecule has 0 unspecified atom stereocenters. The molecule has 0 bridgehead atoms. The first kappa shape index (κ1) is 12.9. The molecule has 0 rings (SSSR count). The van der Waals surface area contributed by atoms with Crippen LogP contribution in [0.5, 0.6) is 0 Å². The molecule has 0 heterocycles. The van der Waals surface area contributed by atoms with Crippen LogP contribution in [0.2, 0.25) is 0 Å². The Labute approximate surface area is 88.4 Å². The van der Waals surface area contributed by atoms with Crippen molar-refractivity contribution < 1.29 is 19.0 Å². The topological polar surface area (TPSA) is 48.0 Å². The summed E-state index contributed by atoms with van der Waals surface area (Å²) in [5, 5.41) is 0. The van der Waals surface area contributed by atoms with Crippen LogP contribution in [0.15, 0.2) is 0 Å². The Morgan fingerprint density at radius 3 is 2.31 bits per heavy atom. The van der Waals surface area contributed by atoms with Gasteiger partial charge in [-0.3, -0.25) is 0 Å². The molecule has 0 spiro atoms. The van der Waals surface area contributed by atoms with Gasteiger partial charge in [0, 0.05) is 20.6 Å². The normalized spacial score (nSPS) is 10.2. The molecule has 0 aliphatic carbocycles. The largest absolute Gasteiger partial charge is 0.448 e. The molecule has 0 aromatic rings. The predicted molar refractivity (Wildman–Crippen MR) is 53.6 cm³/mol. The summed E-state index contributed by atoms with van der Waals surface area (Å²) < 4.78 is 15.2. The van der Waals surface area contributed by atoms with Crippen molar-refractivity contribution in [1.82, 2.24) is 3.71 Å². The van der Waals surface area contributed by atoms with Gasteiger partial charge in [0.05, 0.1) is 6.61 Å². The van der Waals surface area contributed by atoms with E-state index in [1.807, 2.05) is 0 Å². The van der Waals surface area contributed by atoms with E-state index in [9.17, 15) is 4.79 Å². The van der Waals surface area contributed by atoms with Crippen molar-refractivity contribution in [2.45, 2.75) is 12.7 Å². The molecule has 0 atom stereocenters. The maximum Gasteiger partial charge on any atom is 0.429 e. The zero-order chi connectivity index (χ0) is 10.3. The second-order valence-electron chi connectivity index (χ2n) is 2.09. The maximum atomic E-state index is 10.8. The lowest BCUT2D eigenvalue weighted by Gasteiger charge is -2.13. The summed E-state index contributed by atoms with van der Waals surface area (Å²) in [7, 11) is 3.03. The molecule has 0 fully saturated rings. The van der Waals surface area contributed by atoms with E-state index >= 15 is 0 Å². The lowest BCUT2D eigenvalue weighted by Crippen LogP contribution is -2.19. The predicted octanol–water partition coefficient (Wildman–Crippen LogP) is 1.12. The van der Waals surface area contributed by atoms with Crippen molar-refractivity contribution in [1.29, 1.82) is 0 Å². The maximum absolute atomic E-state index is 10.8. The number of carbonyl (C=O) groups excluding carboxylic acids is 1. The zero-order valence-corrected chi connectivity index (χ0v) is 9.26. The Bertz CT molecular complexity index is 152. The number of hydrogen-bond donors (Lipinski definition) is 2. The number of amides is 1. The van der Waals surface area contributed by atoms with E-state index in [1.165, 1.54) is 14.2 Å². The van der Waals surface area contributed by atoms with Crippen LogP contribution in [0, 0.1) is 0 Å². The van der Waals surface area contributed by atoms with E-state index in [0.29, 0.717) is 6.42 Å². The van der Waals surface area contributed by atoms with Gasteiger partial charge in [-0.15, -0.1) is 0 Å². The van der Waals surface area contributed by atoms with Gasteiger partial charge in [-0.25, -0.2) is 4.79 Å². The van der Waals surface area contributed by atoms with Gasteiger partial charge in [0.2, 0.25) is 0 Å².